The van der Waals surface area contributed by atoms with E-state index in [0.717, 1.165) is 16.5 Å². The molecule has 0 aromatic heterocycles. The molecule has 0 aliphatic rings. The van der Waals surface area contributed by atoms with Crippen molar-refractivity contribution in [3.63, 3.8) is 0 Å². The number of hydrogen-bond donors (Lipinski definition) is 1. The summed E-state index contributed by atoms with van der Waals surface area (Å²) in [6.45, 7) is 1.22. The van der Waals surface area contributed by atoms with Crippen LogP contribution in [0.4, 0.5) is 4.39 Å². The molecule has 0 bridgehead atoms. The van der Waals surface area contributed by atoms with E-state index in [2.05, 4.69) is 4.72 Å². The van der Waals surface area contributed by atoms with E-state index < -0.39 is 28.4 Å². The lowest BCUT2D eigenvalue weighted by atomic mass is 10.2. The first-order chi connectivity index (χ1) is 12.8. The SMILES string of the molecule is COc1ccc(COC(=O)CNS(=O)(=O)/C=C/c2ccc(C)cc2)cc1F. The molecule has 0 radical (unpaired) electrons. The van der Waals surface area contributed by atoms with Crippen LogP contribution in [0.3, 0.4) is 0 Å². The maximum atomic E-state index is 13.6. The lowest BCUT2D eigenvalue weighted by Gasteiger charge is -2.07. The van der Waals surface area contributed by atoms with Crippen molar-refractivity contribution in [2.24, 2.45) is 0 Å². The summed E-state index contributed by atoms with van der Waals surface area (Å²) >= 11 is 0. The van der Waals surface area contributed by atoms with Crippen LogP contribution in [0.15, 0.2) is 47.9 Å². The van der Waals surface area contributed by atoms with Crippen molar-refractivity contribution in [3.05, 3.63) is 70.4 Å². The number of ether oxygens (including phenoxy) is 2. The fourth-order valence-corrected chi connectivity index (χ4v) is 2.82. The third kappa shape index (κ3) is 6.84. The molecule has 2 aromatic rings. The Balaban J connectivity index is 1.83. The maximum absolute atomic E-state index is 13.6. The first-order valence-corrected chi connectivity index (χ1v) is 9.56. The molecule has 0 aliphatic carbocycles. The summed E-state index contributed by atoms with van der Waals surface area (Å²) in [5, 5.41) is 0.976. The molecular weight excluding hydrogens is 373 g/mol. The van der Waals surface area contributed by atoms with Crippen LogP contribution < -0.4 is 9.46 Å². The molecule has 6 nitrogen and oxygen atoms in total. The Bertz CT molecular complexity index is 924. The van der Waals surface area contributed by atoms with Crippen molar-refractivity contribution in [2.45, 2.75) is 13.5 Å². The fraction of sp³-hybridized carbons (Fsp3) is 0.211. The summed E-state index contributed by atoms with van der Waals surface area (Å²) in [6, 6.07) is 11.4. The molecule has 0 amide bonds. The molecule has 0 aliphatic heterocycles. The average molecular weight is 393 g/mol. The van der Waals surface area contributed by atoms with Crippen LogP contribution in [0.2, 0.25) is 0 Å². The fourth-order valence-electron chi connectivity index (χ4n) is 2.07. The number of rotatable bonds is 8. The van der Waals surface area contributed by atoms with E-state index in [1.807, 2.05) is 19.1 Å². The first-order valence-electron chi connectivity index (χ1n) is 8.01. The van der Waals surface area contributed by atoms with Gasteiger partial charge in [0, 0.05) is 5.41 Å². The molecule has 27 heavy (non-hydrogen) atoms. The van der Waals surface area contributed by atoms with Gasteiger partial charge in [0.15, 0.2) is 11.6 Å². The number of sulfonamides is 1. The third-order valence-corrected chi connectivity index (χ3v) is 4.59. The Morgan fingerprint density at radius 1 is 1.19 bits per heavy atom. The number of benzene rings is 2. The molecule has 2 aromatic carbocycles. The predicted octanol–water partition coefficient (Wildman–Crippen LogP) is 2.78. The van der Waals surface area contributed by atoms with Gasteiger partial charge in [-0.15, -0.1) is 0 Å². The van der Waals surface area contributed by atoms with Crippen LogP contribution >= 0.6 is 0 Å². The van der Waals surface area contributed by atoms with E-state index >= 15 is 0 Å². The van der Waals surface area contributed by atoms with Crippen molar-refractivity contribution in [1.29, 1.82) is 0 Å². The van der Waals surface area contributed by atoms with E-state index in [1.54, 1.807) is 18.2 Å². The van der Waals surface area contributed by atoms with Crippen LogP contribution in [0.25, 0.3) is 6.08 Å². The number of halogens is 1. The minimum Gasteiger partial charge on any atom is -0.494 e. The van der Waals surface area contributed by atoms with Gasteiger partial charge in [-0.3, -0.25) is 4.79 Å². The Kier molecular flexibility index (Phi) is 7.09. The van der Waals surface area contributed by atoms with Gasteiger partial charge in [-0.1, -0.05) is 35.9 Å². The van der Waals surface area contributed by atoms with E-state index in [4.69, 9.17) is 9.47 Å². The van der Waals surface area contributed by atoms with Crippen LogP contribution in [0.1, 0.15) is 16.7 Å². The van der Waals surface area contributed by atoms with Crippen molar-refractivity contribution in [1.82, 2.24) is 4.72 Å². The zero-order chi connectivity index (χ0) is 19.9. The quantitative estimate of drug-likeness (QED) is 0.698. The molecule has 144 valence electrons. The second kappa shape index (κ2) is 9.29. The Morgan fingerprint density at radius 3 is 2.52 bits per heavy atom. The van der Waals surface area contributed by atoms with Gasteiger partial charge in [-0.05, 0) is 36.3 Å². The zero-order valence-electron chi connectivity index (χ0n) is 14.9. The Morgan fingerprint density at radius 2 is 1.89 bits per heavy atom. The smallest absolute Gasteiger partial charge is 0.321 e. The Labute approximate surface area is 157 Å². The summed E-state index contributed by atoms with van der Waals surface area (Å²) < 4.78 is 49.2. The molecule has 0 fully saturated rings. The third-order valence-electron chi connectivity index (χ3n) is 3.55. The van der Waals surface area contributed by atoms with Gasteiger partial charge >= 0.3 is 5.97 Å². The largest absolute Gasteiger partial charge is 0.494 e. The maximum Gasteiger partial charge on any atom is 0.321 e. The van der Waals surface area contributed by atoms with E-state index in [-0.39, 0.29) is 12.4 Å². The summed E-state index contributed by atoms with van der Waals surface area (Å²) in [7, 11) is -2.45. The summed E-state index contributed by atoms with van der Waals surface area (Å²) in [5.41, 5.74) is 2.20. The predicted molar refractivity (Wildman–Crippen MR) is 99.9 cm³/mol. The molecule has 0 atom stereocenters. The number of carbonyl (C=O) groups excluding carboxylic acids is 1. The van der Waals surface area contributed by atoms with E-state index in [9.17, 15) is 17.6 Å². The van der Waals surface area contributed by atoms with Gasteiger partial charge in [0.2, 0.25) is 10.0 Å². The van der Waals surface area contributed by atoms with Crippen molar-refractivity contribution >= 4 is 22.1 Å². The lowest BCUT2D eigenvalue weighted by Crippen LogP contribution is -2.29. The van der Waals surface area contributed by atoms with Gasteiger partial charge in [0.05, 0.1) is 7.11 Å². The van der Waals surface area contributed by atoms with Crippen molar-refractivity contribution < 1.29 is 27.1 Å². The summed E-state index contributed by atoms with van der Waals surface area (Å²) in [5.74, 6) is -1.27. The molecule has 0 saturated heterocycles. The van der Waals surface area contributed by atoms with Gasteiger partial charge < -0.3 is 9.47 Å². The van der Waals surface area contributed by atoms with E-state index in [1.165, 1.54) is 25.3 Å². The Hall–Kier alpha value is -2.71. The van der Waals surface area contributed by atoms with Gasteiger partial charge in [-0.2, -0.15) is 0 Å². The van der Waals surface area contributed by atoms with Gasteiger partial charge in [0.25, 0.3) is 0 Å². The molecule has 0 unspecified atom stereocenters. The molecule has 0 saturated carbocycles. The van der Waals surface area contributed by atoms with Crippen molar-refractivity contribution in [2.75, 3.05) is 13.7 Å². The molecule has 0 spiro atoms. The number of nitrogens with one attached hydrogen (secondary N) is 1. The van der Waals surface area contributed by atoms with Gasteiger partial charge in [-0.25, -0.2) is 17.5 Å². The van der Waals surface area contributed by atoms with Crippen LogP contribution in [0, 0.1) is 12.7 Å². The molecule has 0 heterocycles. The average Bonchev–Trinajstić information content (AvgIpc) is 2.64. The van der Waals surface area contributed by atoms with Crippen LogP contribution in [-0.2, 0) is 26.2 Å². The van der Waals surface area contributed by atoms with Gasteiger partial charge in [0.1, 0.15) is 13.2 Å². The minimum absolute atomic E-state index is 0.0817. The first kappa shape index (κ1) is 20.6. The lowest BCUT2D eigenvalue weighted by molar-refractivity contribution is -0.143. The molecular formula is C19H20FNO5S. The molecule has 8 heteroatoms. The number of hydrogen-bond acceptors (Lipinski definition) is 5. The minimum atomic E-state index is -3.79. The summed E-state index contributed by atoms with van der Waals surface area (Å²) in [4.78, 5) is 11.7. The molecule has 2 rings (SSSR count). The highest BCUT2D eigenvalue weighted by molar-refractivity contribution is 7.92. The topological polar surface area (TPSA) is 81.7 Å². The van der Waals surface area contributed by atoms with Crippen LogP contribution in [0.5, 0.6) is 5.75 Å². The molecule has 1 N–H and O–H groups in total. The number of esters is 1. The highest BCUT2D eigenvalue weighted by Gasteiger charge is 2.11. The second-order valence-corrected chi connectivity index (χ2v) is 7.36. The van der Waals surface area contributed by atoms with E-state index in [0.29, 0.717) is 5.56 Å². The second-order valence-electron chi connectivity index (χ2n) is 5.71. The highest BCUT2D eigenvalue weighted by atomic mass is 32.2. The van der Waals surface area contributed by atoms with Crippen LogP contribution in [-0.4, -0.2) is 28.0 Å². The summed E-state index contributed by atoms with van der Waals surface area (Å²) in [6.07, 6.45) is 1.42. The highest BCUT2D eigenvalue weighted by Crippen LogP contribution is 2.18. The number of methoxy groups -OCH3 is 1. The normalized spacial score (nSPS) is 11.5. The number of aryl methyl sites for hydroxylation is 1. The number of carbonyl (C=O) groups is 1. The van der Waals surface area contributed by atoms with Crippen molar-refractivity contribution in [3.8, 4) is 5.75 Å². The zero-order valence-corrected chi connectivity index (χ0v) is 15.8. The monoisotopic (exact) mass is 393 g/mol. The standard InChI is InChI=1S/C19H20FNO5S/c1-14-3-5-15(6-4-14)9-10-27(23,24)21-12-19(22)26-13-16-7-8-18(25-2)17(20)11-16/h3-11,21H,12-13H2,1-2H3/b10-9+.